The van der Waals surface area contributed by atoms with Crippen LogP contribution in [-0.2, 0) is 4.79 Å². The molecule has 8 heavy (non-hydrogen) atoms. The second-order valence-corrected chi connectivity index (χ2v) is 2.30. The van der Waals surface area contributed by atoms with Crippen molar-refractivity contribution in [3.63, 3.8) is 0 Å². The Labute approximate surface area is 57.9 Å². The summed E-state index contributed by atoms with van der Waals surface area (Å²) in [5, 5.41) is 1.03. The third-order valence-electron chi connectivity index (χ3n) is 0.815. The molecule has 0 heterocycles. The average molecular weight is 177 g/mol. The number of allylic oxidation sites excluding steroid dienone is 1. The highest BCUT2D eigenvalue weighted by atomic mass is 79.9. The second-order valence-electron chi connectivity index (χ2n) is 1.51. The van der Waals surface area contributed by atoms with Crippen LogP contribution < -0.4 is 0 Å². The minimum atomic E-state index is 0.870. The molecule has 0 bridgehead atoms. The summed E-state index contributed by atoms with van der Waals surface area (Å²) in [7, 11) is 0. The Balaban J connectivity index is 2.82. The molecule has 0 aromatic carbocycles. The van der Waals surface area contributed by atoms with Gasteiger partial charge in [-0.05, 0) is 25.3 Å². The van der Waals surface area contributed by atoms with Crippen molar-refractivity contribution in [2.45, 2.75) is 19.3 Å². The van der Waals surface area contributed by atoms with Gasteiger partial charge in [0.25, 0.3) is 0 Å². The van der Waals surface area contributed by atoms with Crippen LogP contribution in [0, 0.1) is 0 Å². The highest BCUT2D eigenvalue weighted by Crippen LogP contribution is 1.97. The van der Waals surface area contributed by atoms with Crippen molar-refractivity contribution < 1.29 is 4.79 Å². The summed E-state index contributed by atoms with van der Waals surface area (Å²) in [5.74, 6) is 1.74. The molecule has 0 fully saturated rings. The van der Waals surface area contributed by atoms with Crippen LogP contribution in [-0.4, -0.2) is 11.3 Å². The monoisotopic (exact) mass is 176 g/mol. The van der Waals surface area contributed by atoms with Crippen LogP contribution in [0.2, 0.25) is 0 Å². The molecule has 0 aliphatic heterocycles. The number of alkyl halides is 1. The van der Waals surface area contributed by atoms with E-state index >= 15 is 0 Å². The van der Waals surface area contributed by atoms with Crippen molar-refractivity contribution in [1.82, 2.24) is 0 Å². The third-order valence-corrected chi connectivity index (χ3v) is 1.38. The van der Waals surface area contributed by atoms with Crippen molar-refractivity contribution in [1.29, 1.82) is 0 Å². The molecule has 46 valence electrons. The molecule has 0 aliphatic rings. The molecule has 0 radical (unpaired) electrons. The summed E-state index contributed by atoms with van der Waals surface area (Å²) in [5.41, 5.74) is 0. The fraction of sp³-hybridized carbons (Fsp3) is 0.667. The van der Waals surface area contributed by atoms with E-state index in [0.717, 1.165) is 24.6 Å². The van der Waals surface area contributed by atoms with Crippen LogP contribution in [0.4, 0.5) is 0 Å². The molecule has 0 unspecified atom stereocenters. The Kier molecular flexibility index (Phi) is 6.87. The molecule has 0 N–H and O–H groups in total. The molecular weight excluding hydrogens is 168 g/mol. The lowest BCUT2D eigenvalue weighted by atomic mass is 10.2. The van der Waals surface area contributed by atoms with Gasteiger partial charge in [-0.1, -0.05) is 15.9 Å². The first-order valence-corrected chi connectivity index (χ1v) is 3.79. The van der Waals surface area contributed by atoms with Gasteiger partial charge in [0.1, 0.15) is 5.94 Å². The summed E-state index contributed by atoms with van der Waals surface area (Å²) < 4.78 is 0. The van der Waals surface area contributed by atoms with E-state index in [4.69, 9.17) is 0 Å². The summed E-state index contributed by atoms with van der Waals surface area (Å²) in [6.07, 6.45) is 4.62. The first-order chi connectivity index (χ1) is 3.91. The number of halogens is 1. The first-order valence-electron chi connectivity index (χ1n) is 2.67. The third kappa shape index (κ3) is 5.93. The van der Waals surface area contributed by atoms with Crippen molar-refractivity contribution in [2.24, 2.45) is 0 Å². The minimum Gasteiger partial charge on any atom is -0.234 e. The predicted molar refractivity (Wildman–Crippen MR) is 37.9 cm³/mol. The maximum Gasteiger partial charge on any atom is 0.120 e. The first kappa shape index (κ1) is 7.93. The Morgan fingerprint density at radius 1 is 1.50 bits per heavy atom. The van der Waals surface area contributed by atoms with Gasteiger partial charge in [-0.15, -0.1) is 0 Å². The number of hydrogen-bond acceptors (Lipinski definition) is 1. The van der Waals surface area contributed by atoms with Gasteiger partial charge in [-0.25, -0.2) is 4.79 Å². The topological polar surface area (TPSA) is 17.1 Å². The number of rotatable bonds is 4. The molecule has 0 aliphatic carbocycles. The maximum absolute atomic E-state index is 9.58. The molecular formula is C6H9BrO. The average Bonchev–Trinajstić information content (AvgIpc) is 1.81. The van der Waals surface area contributed by atoms with E-state index < -0.39 is 0 Å². The fourth-order valence-electron chi connectivity index (χ4n) is 0.400. The number of carbonyl (C=O) groups excluding carboxylic acids is 1. The van der Waals surface area contributed by atoms with Gasteiger partial charge >= 0.3 is 0 Å². The van der Waals surface area contributed by atoms with Crippen LogP contribution in [0.5, 0.6) is 0 Å². The van der Waals surface area contributed by atoms with Crippen LogP contribution in [0.15, 0.2) is 6.08 Å². The molecule has 0 spiro atoms. The quantitative estimate of drug-likeness (QED) is 0.364. The Bertz CT molecular complexity index is 84.5. The molecule has 0 aromatic rings. The Hall–Kier alpha value is -0.0700. The van der Waals surface area contributed by atoms with Crippen molar-refractivity contribution >= 4 is 21.9 Å². The molecule has 0 rings (SSSR count). The van der Waals surface area contributed by atoms with Gasteiger partial charge in [0.15, 0.2) is 0 Å². The van der Waals surface area contributed by atoms with Gasteiger partial charge < -0.3 is 0 Å². The normalized spacial score (nSPS) is 8.12. The number of hydrogen-bond donors (Lipinski definition) is 0. The van der Waals surface area contributed by atoms with E-state index in [2.05, 4.69) is 15.9 Å². The Morgan fingerprint density at radius 3 is 2.75 bits per heavy atom. The van der Waals surface area contributed by atoms with E-state index in [1.54, 1.807) is 5.94 Å². The lowest BCUT2D eigenvalue weighted by Gasteiger charge is -1.85. The summed E-state index contributed by atoms with van der Waals surface area (Å²) >= 11 is 3.29. The molecule has 0 saturated heterocycles. The van der Waals surface area contributed by atoms with Crippen LogP contribution in [0.25, 0.3) is 0 Å². The highest BCUT2D eigenvalue weighted by Gasteiger charge is 1.80. The van der Waals surface area contributed by atoms with Gasteiger partial charge in [0, 0.05) is 5.33 Å². The lowest BCUT2D eigenvalue weighted by molar-refractivity contribution is 0.567. The van der Waals surface area contributed by atoms with E-state index in [0.29, 0.717) is 0 Å². The summed E-state index contributed by atoms with van der Waals surface area (Å²) in [6, 6.07) is 0. The lowest BCUT2D eigenvalue weighted by Crippen LogP contribution is -1.72. The van der Waals surface area contributed by atoms with Gasteiger partial charge in [0.05, 0.1) is 0 Å². The maximum atomic E-state index is 9.58. The predicted octanol–water partition coefficient (Wildman–Crippen LogP) is 1.94. The largest absolute Gasteiger partial charge is 0.234 e. The Morgan fingerprint density at radius 2 is 2.25 bits per heavy atom. The summed E-state index contributed by atoms with van der Waals surface area (Å²) in [6.45, 7) is 0. The molecule has 0 atom stereocenters. The molecule has 0 aromatic heterocycles. The van der Waals surface area contributed by atoms with Crippen molar-refractivity contribution in [2.75, 3.05) is 5.33 Å². The fourth-order valence-corrected chi connectivity index (χ4v) is 0.796. The molecule has 1 nitrogen and oxygen atoms in total. The van der Waals surface area contributed by atoms with Gasteiger partial charge in [-0.3, -0.25) is 0 Å². The van der Waals surface area contributed by atoms with Crippen LogP contribution >= 0.6 is 15.9 Å². The molecule has 0 saturated carbocycles. The SMILES string of the molecule is O=C=CCCCCBr. The second kappa shape index (κ2) is 6.93. The van der Waals surface area contributed by atoms with Crippen molar-refractivity contribution in [3.05, 3.63) is 6.08 Å². The minimum absolute atomic E-state index is 0.870. The van der Waals surface area contributed by atoms with E-state index in [1.807, 2.05) is 0 Å². The summed E-state index contributed by atoms with van der Waals surface area (Å²) in [4.78, 5) is 9.58. The van der Waals surface area contributed by atoms with E-state index in [-0.39, 0.29) is 0 Å². The zero-order chi connectivity index (χ0) is 6.24. The highest BCUT2D eigenvalue weighted by molar-refractivity contribution is 9.09. The molecule has 2 heteroatoms. The van der Waals surface area contributed by atoms with Gasteiger partial charge in [-0.2, -0.15) is 0 Å². The smallest absolute Gasteiger partial charge is 0.120 e. The van der Waals surface area contributed by atoms with E-state index in [1.165, 1.54) is 6.08 Å². The van der Waals surface area contributed by atoms with Gasteiger partial charge in [0.2, 0.25) is 0 Å². The molecule has 0 amide bonds. The van der Waals surface area contributed by atoms with E-state index in [9.17, 15) is 4.79 Å². The zero-order valence-electron chi connectivity index (χ0n) is 4.69. The zero-order valence-corrected chi connectivity index (χ0v) is 6.28. The standard InChI is InChI=1S/C6H9BrO/c7-5-3-1-2-4-6-8/h4H,1-3,5H2. The van der Waals surface area contributed by atoms with Crippen molar-refractivity contribution in [3.8, 4) is 0 Å². The van der Waals surface area contributed by atoms with Crippen LogP contribution in [0.1, 0.15) is 19.3 Å². The van der Waals surface area contributed by atoms with Crippen LogP contribution in [0.3, 0.4) is 0 Å². The number of unbranched alkanes of at least 4 members (excludes halogenated alkanes) is 2.